The van der Waals surface area contributed by atoms with E-state index in [1.54, 1.807) is 6.07 Å². The van der Waals surface area contributed by atoms with Crippen LogP contribution in [-0.2, 0) is 9.53 Å². The summed E-state index contributed by atoms with van der Waals surface area (Å²) >= 11 is 0. The standard InChI is InChI=1S/C18H16O4/c1-10-3-5-12(6-4-10)13-7-8-14(11(2)9-13)17-15(19)16(20)18(21)22-17/h3-9,17,19-20H,1-2H3. The molecule has 4 nitrogen and oxygen atoms in total. The van der Waals surface area contributed by atoms with Gasteiger partial charge in [-0.2, -0.15) is 0 Å². The van der Waals surface area contributed by atoms with Crippen LogP contribution >= 0.6 is 0 Å². The summed E-state index contributed by atoms with van der Waals surface area (Å²) in [6.45, 7) is 3.91. The summed E-state index contributed by atoms with van der Waals surface area (Å²) < 4.78 is 5.00. The van der Waals surface area contributed by atoms with Crippen LogP contribution in [0.2, 0.25) is 0 Å². The van der Waals surface area contributed by atoms with Crippen LogP contribution in [0.15, 0.2) is 54.0 Å². The highest BCUT2D eigenvalue weighted by molar-refractivity contribution is 5.89. The summed E-state index contributed by atoms with van der Waals surface area (Å²) in [4.78, 5) is 11.3. The van der Waals surface area contributed by atoms with E-state index in [2.05, 4.69) is 0 Å². The summed E-state index contributed by atoms with van der Waals surface area (Å²) in [5.41, 5.74) is 4.85. The molecule has 0 aromatic heterocycles. The van der Waals surface area contributed by atoms with Gasteiger partial charge >= 0.3 is 5.97 Å². The van der Waals surface area contributed by atoms with Crippen LogP contribution in [0.5, 0.6) is 0 Å². The van der Waals surface area contributed by atoms with E-state index in [0.29, 0.717) is 5.56 Å². The Morgan fingerprint density at radius 3 is 2.14 bits per heavy atom. The highest BCUT2D eigenvalue weighted by Crippen LogP contribution is 2.35. The van der Waals surface area contributed by atoms with Gasteiger partial charge in [0.25, 0.3) is 0 Å². The molecule has 1 aliphatic heterocycles. The summed E-state index contributed by atoms with van der Waals surface area (Å²) in [5, 5.41) is 19.2. The summed E-state index contributed by atoms with van der Waals surface area (Å²) in [6.07, 6.45) is -0.931. The van der Waals surface area contributed by atoms with Gasteiger partial charge in [0.1, 0.15) is 0 Å². The highest BCUT2D eigenvalue weighted by Gasteiger charge is 2.36. The Hall–Kier alpha value is -2.75. The van der Waals surface area contributed by atoms with Crippen molar-refractivity contribution in [2.24, 2.45) is 0 Å². The fraction of sp³-hybridized carbons (Fsp3) is 0.167. The maximum Gasteiger partial charge on any atom is 0.378 e. The second-order valence-electron chi connectivity index (χ2n) is 5.46. The molecule has 3 rings (SSSR count). The third kappa shape index (κ3) is 2.33. The molecule has 0 bridgehead atoms. The number of rotatable bonds is 2. The number of aliphatic hydroxyl groups excluding tert-OH is 2. The fourth-order valence-electron chi connectivity index (χ4n) is 2.55. The van der Waals surface area contributed by atoms with E-state index in [-0.39, 0.29) is 0 Å². The van der Waals surface area contributed by atoms with Crippen LogP contribution in [0.4, 0.5) is 0 Å². The molecule has 0 fully saturated rings. The van der Waals surface area contributed by atoms with Gasteiger partial charge in [-0.25, -0.2) is 4.79 Å². The summed E-state index contributed by atoms with van der Waals surface area (Å²) in [7, 11) is 0. The van der Waals surface area contributed by atoms with Crippen molar-refractivity contribution in [1.29, 1.82) is 0 Å². The van der Waals surface area contributed by atoms with E-state index < -0.39 is 23.6 Å². The Morgan fingerprint density at radius 1 is 0.955 bits per heavy atom. The smallest absolute Gasteiger partial charge is 0.378 e. The van der Waals surface area contributed by atoms with Gasteiger partial charge in [0.2, 0.25) is 5.76 Å². The number of benzene rings is 2. The fourth-order valence-corrected chi connectivity index (χ4v) is 2.55. The summed E-state index contributed by atoms with van der Waals surface area (Å²) in [6, 6.07) is 13.9. The molecule has 2 aromatic rings. The number of esters is 1. The normalized spacial score (nSPS) is 17.7. The van der Waals surface area contributed by atoms with E-state index >= 15 is 0 Å². The second-order valence-corrected chi connectivity index (χ2v) is 5.46. The van der Waals surface area contributed by atoms with E-state index in [4.69, 9.17) is 4.74 Å². The number of aryl methyl sites for hydroxylation is 2. The van der Waals surface area contributed by atoms with Crippen molar-refractivity contribution in [3.8, 4) is 11.1 Å². The molecule has 2 aromatic carbocycles. The van der Waals surface area contributed by atoms with Crippen LogP contribution in [0.1, 0.15) is 22.8 Å². The number of carbonyl (C=O) groups is 1. The van der Waals surface area contributed by atoms with Gasteiger partial charge in [0.05, 0.1) is 0 Å². The van der Waals surface area contributed by atoms with Crippen molar-refractivity contribution >= 4 is 5.97 Å². The van der Waals surface area contributed by atoms with Crippen molar-refractivity contribution in [1.82, 2.24) is 0 Å². The molecular weight excluding hydrogens is 280 g/mol. The van der Waals surface area contributed by atoms with Gasteiger partial charge in [-0.05, 0) is 30.5 Å². The number of carbonyl (C=O) groups excluding carboxylic acids is 1. The van der Waals surface area contributed by atoms with E-state index in [0.717, 1.165) is 16.7 Å². The zero-order valence-electron chi connectivity index (χ0n) is 12.3. The van der Waals surface area contributed by atoms with E-state index in [9.17, 15) is 15.0 Å². The second kappa shape index (κ2) is 5.22. The van der Waals surface area contributed by atoms with Gasteiger partial charge in [0, 0.05) is 5.56 Å². The third-order valence-electron chi connectivity index (χ3n) is 3.85. The minimum absolute atomic E-state index is 0.434. The molecule has 0 radical (unpaired) electrons. The van der Waals surface area contributed by atoms with Crippen molar-refractivity contribution in [2.45, 2.75) is 20.0 Å². The minimum Gasteiger partial charge on any atom is -0.505 e. The zero-order valence-corrected chi connectivity index (χ0v) is 12.3. The Balaban J connectivity index is 1.97. The quantitative estimate of drug-likeness (QED) is 0.825. The molecular formula is C18H16O4. The summed E-state index contributed by atoms with van der Waals surface area (Å²) in [5.74, 6) is -2.05. The Morgan fingerprint density at radius 2 is 1.59 bits per heavy atom. The van der Waals surface area contributed by atoms with E-state index in [1.807, 2.05) is 50.2 Å². The van der Waals surface area contributed by atoms with Gasteiger partial charge in [-0.1, -0.05) is 48.0 Å². The zero-order chi connectivity index (χ0) is 15.9. The molecule has 0 spiro atoms. The molecule has 2 N–H and O–H groups in total. The monoisotopic (exact) mass is 296 g/mol. The van der Waals surface area contributed by atoms with Crippen LogP contribution < -0.4 is 0 Å². The van der Waals surface area contributed by atoms with Gasteiger partial charge in [-0.15, -0.1) is 0 Å². The first kappa shape index (κ1) is 14.2. The van der Waals surface area contributed by atoms with Crippen LogP contribution in [-0.4, -0.2) is 16.2 Å². The Labute approximate surface area is 128 Å². The van der Waals surface area contributed by atoms with Gasteiger partial charge < -0.3 is 14.9 Å². The third-order valence-corrected chi connectivity index (χ3v) is 3.85. The minimum atomic E-state index is -0.931. The first-order valence-electron chi connectivity index (χ1n) is 6.98. The van der Waals surface area contributed by atoms with Crippen molar-refractivity contribution in [3.63, 3.8) is 0 Å². The maximum absolute atomic E-state index is 11.3. The molecule has 0 amide bonds. The highest BCUT2D eigenvalue weighted by atomic mass is 16.6. The lowest BCUT2D eigenvalue weighted by Gasteiger charge is -2.14. The molecule has 22 heavy (non-hydrogen) atoms. The lowest BCUT2D eigenvalue weighted by Crippen LogP contribution is -2.05. The maximum atomic E-state index is 11.3. The first-order valence-corrected chi connectivity index (χ1v) is 6.98. The number of aliphatic hydroxyl groups is 2. The molecule has 1 unspecified atom stereocenters. The molecule has 1 heterocycles. The molecule has 1 aliphatic rings. The Kier molecular flexibility index (Phi) is 3.37. The first-order chi connectivity index (χ1) is 10.5. The number of hydrogen-bond donors (Lipinski definition) is 2. The number of cyclic esters (lactones) is 1. The lowest BCUT2D eigenvalue weighted by atomic mass is 9.96. The molecule has 0 saturated carbocycles. The average Bonchev–Trinajstić information content (AvgIpc) is 2.75. The van der Waals surface area contributed by atoms with Gasteiger partial charge in [0.15, 0.2) is 11.9 Å². The van der Waals surface area contributed by atoms with Crippen molar-refractivity contribution in [3.05, 3.63) is 70.7 Å². The molecule has 4 heteroatoms. The van der Waals surface area contributed by atoms with Crippen LogP contribution in [0.3, 0.4) is 0 Å². The molecule has 0 saturated heterocycles. The van der Waals surface area contributed by atoms with Crippen molar-refractivity contribution in [2.75, 3.05) is 0 Å². The topological polar surface area (TPSA) is 66.8 Å². The van der Waals surface area contributed by atoms with Crippen LogP contribution in [0, 0.1) is 13.8 Å². The predicted molar refractivity (Wildman–Crippen MR) is 82.5 cm³/mol. The SMILES string of the molecule is Cc1ccc(-c2ccc(C3OC(=O)C(O)=C3O)c(C)c2)cc1. The van der Waals surface area contributed by atoms with Crippen molar-refractivity contribution < 1.29 is 19.7 Å². The number of hydrogen-bond acceptors (Lipinski definition) is 4. The lowest BCUT2D eigenvalue weighted by molar-refractivity contribution is -0.142. The van der Waals surface area contributed by atoms with Gasteiger partial charge in [-0.3, -0.25) is 0 Å². The van der Waals surface area contributed by atoms with Crippen LogP contribution in [0.25, 0.3) is 11.1 Å². The Bertz CT molecular complexity index is 772. The largest absolute Gasteiger partial charge is 0.505 e. The predicted octanol–water partition coefficient (Wildman–Crippen LogP) is 3.90. The van der Waals surface area contributed by atoms with E-state index in [1.165, 1.54) is 5.56 Å². The molecule has 1 atom stereocenters. The number of ether oxygens (including phenoxy) is 1. The average molecular weight is 296 g/mol. The molecule has 112 valence electrons. The molecule has 0 aliphatic carbocycles.